The van der Waals surface area contributed by atoms with Gasteiger partial charge < -0.3 is 19.6 Å². The molecule has 2 aromatic rings. The van der Waals surface area contributed by atoms with Crippen molar-refractivity contribution < 1.29 is 19.4 Å². The quantitative estimate of drug-likeness (QED) is 0.525. The van der Waals surface area contributed by atoms with E-state index in [9.17, 15) is 9.59 Å². The summed E-state index contributed by atoms with van der Waals surface area (Å²) in [4.78, 5) is 27.6. The van der Waals surface area contributed by atoms with Gasteiger partial charge in [-0.15, -0.1) is 0 Å². The van der Waals surface area contributed by atoms with Crippen molar-refractivity contribution in [3.8, 4) is 16.9 Å². The topological polar surface area (TPSA) is 70.1 Å². The van der Waals surface area contributed by atoms with Gasteiger partial charge in [0, 0.05) is 41.6 Å². The maximum atomic E-state index is 13.1. The maximum Gasteiger partial charge on any atom is 0.407 e. The number of halogens is 2. The lowest BCUT2D eigenvalue weighted by Gasteiger charge is -2.35. The number of piperidine rings is 1. The molecule has 0 aliphatic carbocycles. The van der Waals surface area contributed by atoms with Gasteiger partial charge in [0.2, 0.25) is 5.91 Å². The van der Waals surface area contributed by atoms with Crippen molar-refractivity contribution in [3.63, 3.8) is 0 Å². The minimum absolute atomic E-state index is 0.101. The van der Waals surface area contributed by atoms with Gasteiger partial charge in [-0.3, -0.25) is 4.79 Å². The Bertz CT molecular complexity index is 1030. The van der Waals surface area contributed by atoms with Crippen LogP contribution in [-0.2, 0) is 11.2 Å². The summed E-state index contributed by atoms with van der Waals surface area (Å²) < 4.78 is 5.71. The standard InChI is InChI=1S/C26H30Cl2N2O4/c1-16(2)34-21-5-3-17(4-6-21)19-14-23(27)22(24(28)15-19)13-18-7-12-30(25(18)31)20-8-10-29(11-9-20)26(32)33/h3-6,14-16,18,20H,7-13H2,1-2H3,(H,32,33)/t18-/m0/s1. The summed E-state index contributed by atoms with van der Waals surface area (Å²) in [6.45, 7) is 5.61. The van der Waals surface area contributed by atoms with Crippen LogP contribution in [0.15, 0.2) is 36.4 Å². The van der Waals surface area contributed by atoms with Gasteiger partial charge in [0.15, 0.2) is 0 Å². The number of hydrogen-bond donors (Lipinski definition) is 1. The third-order valence-electron chi connectivity index (χ3n) is 6.68. The van der Waals surface area contributed by atoms with Crippen LogP contribution in [0.2, 0.25) is 10.0 Å². The van der Waals surface area contributed by atoms with Crippen molar-refractivity contribution in [3.05, 3.63) is 52.0 Å². The Hall–Kier alpha value is -2.44. The fraction of sp³-hybridized carbons (Fsp3) is 0.462. The van der Waals surface area contributed by atoms with Crippen molar-refractivity contribution >= 4 is 35.2 Å². The minimum Gasteiger partial charge on any atom is -0.491 e. The Morgan fingerprint density at radius 2 is 1.65 bits per heavy atom. The van der Waals surface area contributed by atoms with Gasteiger partial charge in [-0.05, 0) is 80.5 Å². The molecular formula is C26H30Cl2N2O4. The molecule has 0 saturated carbocycles. The Morgan fingerprint density at radius 1 is 1.03 bits per heavy atom. The number of amides is 2. The van der Waals surface area contributed by atoms with E-state index in [1.54, 1.807) is 0 Å². The highest BCUT2D eigenvalue weighted by atomic mass is 35.5. The zero-order valence-electron chi connectivity index (χ0n) is 19.5. The van der Waals surface area contributed by atoms with Gasteiger partial charge in [0.05, 0.1) is 6.10 Å². The molecule has 1 N–H and O–H groups in total. The minimum atomic E-state index is -0.892. The van der Waals surface area contributed by atoms with Crippen LogP contribution >= 0.6 is 23.2 Å². The molecule has 8 heteroatoms. The lowest BCUT2D eigenvalue weighted by atomic mass is 9.95. The van der Waals surface area contributed by atoms with E-state index in [-0.39, 0.29) is 24.0 Å². The summed E-state index contributed by atoms with van der Waals surface area (Å²) in [5, 5.41) is 10.3. The first kappa shape index (κ1) is 24.7. The number of carboxylic acid groups (broad SMARTS) is 1. The Kier molecular flexibility index (Phi) is 7.58. The highest BCUT2D eigenvalue weighted by Gasteiger charge is 2.38. The van der Waals surface area contributed by atoms with E-state index in [4.69, 9.17) is 33.0 Å². The summed E-state index contributed by atoms with van der Waals surface area (Å²) in [6.07, 6.45) is 1.84. The number of nitrogens with zero attached hydrogens (tertiary/aromatic N) is 2. The molecule has 2 fully saturated rings. The third-order valence-corrected chi connectivity index (χ3v) is 7.35. The molecule has 4 rings (SSSR count). The zero-order chi connectivity index (χ0) is 24.4. The molecule has 2 saturated heterocycles. The van der Waals surface area contributed by atoms with E-state index in [1.165, 1.54) is 4.90 Å². The number of carbonyl (C=O) groups is 2. The summed E-state index contributed by atoms with van der Waals surface area (Å²) in [6, 6.07) is 11.7. The molecule has 0 unspecified atom stereocenters. The number of carbonyl (C=O) groups excluding carboxylic acids is 1. The van der Waals surface area contributed by atoms with E-state index in [0.29, 0.717) is 48.9 Å². The molecule has 34 heavy (non-hydrogen) atoms. The molecular weight excluding hydrogens is 475 g/mol. The van der Waals surface area contributed by atoms with Gasteiger partial charge in [-0.2, -0.15) is 0 Å². The first-order chi connectivity index (χ1) is 16.2. The van der Waals surface area contributed by atoms with Gasteiger partial charge in [-0.1, -0.05) is 35.3 Å². The first-order valence-corrected chi connectivity index (χ1v) is 12.5. The number of rotatable bonds is 6. The highest BCUT2D eigenvalue weighted by Crippen LogP contribution is 2.36. The molecule has 0 aromatic heterocycles. The van der Waals surface area contributed by atoms with E-state index >= 15 is 0 Å². The van der Waals surface area contributed by atoms with Crippen LogP contribution in [0.25, 0.3) is 11.1 Å². The van der Waals surface area contributed by atoms with Crippen molar-refractivity contribution in [2.75, 3.05) is 19.6 Å². The SMILES string of the molecule is CC(C)Oc1ccc(-c2cc(Cl)c(C[C@@H]3CCN(C4CCN(C(=O)O)CC4)C3=O)c(Cl)c2)cc1. The smallest absolute Gasteiger partial charge is 0.407 e. The normalized spacial score (nSPS) is 19.2. The second kappa shape index (κ2) is 10.4. The predicted molar refractivity (Wildman–Crippen MR) is 134 cm³/mol. The maximum absolute atomic E-state index is 13.1. The lowest BCUT2D eigenvalue weighted by Crippen LogP contribution is -2.47. The third kappa shape index (κ3) is 5.44. The van der Waals surface area contributed by atoms with Gasteiger partial charge in [0.1, 0.15) is 5.75 Å². The van der Waals surface area contributed by atoms with Crippen molar-refractivity contribution in [1.29, 1.82) is 0 Å². The van der Waals surface area contributed by atoms with Crippen LogP contribution in [0, 0.1) is 5.92 Å². The van der Waals surface area contributed by atoms with Gasteiger partial charge in [0.25, 0.3) is 0 Å². The van der Waals surface area contributed by atoms with E-state index < -0.39 is 6.09 Å². The Morgan fingerprint density at radius 3 is 2.21 bits per heavy atom. The summed E-state index contributed by atoms with van der Waals surface area (Å²) >= 11 is 13.3. The molecule has 6 nitrogen and oxygen atoms in total. The highest BCUT2D eigenvalue weighted by molar-refractivity contribution is 6.36. The predicted octanol–water partition coefficient (Wildman–Crippen LogP) is 5.98. The zero-order valence-corrected chi connectivity index (χ0v) is 21.0. The molecule has 2 heterocycles. The summed E-state index contributed by atoms with van der Waals surface area (Å²) in [5.41, 5.74) is 2.70. The van der Waals surface area contributed by atoms with E-state index in [2.05, 4.69) is 0 Å². The molecule has 0 spiro atoms. The lowest BCUT2D eigenvalue weighted by molar-refractivity contribution is -0.133. The van der Waals surface area contributed by atoms with Gasteiger partial charge >= 0.3 is 6.09 Å². The molecule has 2 amide bonds. The fourth-order valence-electron chi connectivity index (χ4n) is 4.89. The number of benzene rings is 2. The second-order valence-corrected chi connectivity index (χ2v) is 10.1. The van der Waals surface area contributed by atoms with Crippen LogP contribution in [0.5, 0.6) is 5.75 Å². The van der Waals surface area contributed by atoms with Crippen LogP contribution in [0.1, 0.15) is 38.7 Å². The van der Waals surface area contributed by atoms with Crippen LogP contribution < -0.4 is 4.74 Å². The molecule has 0 bridgehead atoms. The fourth-order valence-corrected chi connectivity index (χ4v) is 5.53. The van der Waals surface area contributed by atoms with E-state index in [0.717, 1.165) is 28.9 Å². The Balaban J connectivity index is 1.42. The van der Waals surface area contributed by atoms with Crippen LogP contribution in [0.4, 0.5) is 4.79 Å². The number of hydrogen-bond acceptors (Lipinski definition) is 3. The average Bonchev–Trinajstić information content (AvgIpc) is 3.16. The number of likely N-dealkylation sites (tertiary alicyclic amines) is 2. The summed E-state index contributed by atoms with van der Waals surface area (Å²) in [7, 11) is 0. The molecule has 182 valence electrons. The number of ether oxygens (including phenoxy) is 1. The van der Waals surface area contributed by atoms with Crippen molar-refractivity contribution in [2.45, 2.75) is 51.7 Å². The largest absolute Gasteiger partial charge is 0.491 e. The first-order valence-electron chi connectivity index (χ1n) is 11.8. The van der Waals surface area contributed by atoms with Crippen LogP contribution in [-0.4, -0.2) is 58.7 Å². The molecule has 2 aromatic carbocycles. The molecule has 2 aliphatic heterocycles. The molecule has 0 radical (unpaired) electrons. The van der Waals surface area contributed by atoms with E-state index in [1.807, 2.05) is 55.1 Å². The molecule has 2 aliphatic rings. The Labute approximate surface area is 210 Å². The summed E-state index contributed by atoms with van der Waals surface area (Å²) in [5.74, 6) is 0.766. The molecule has 1 atom stereocenters. The van der Waals surface area contributed by atoms with Crippen molar-refractivity contribution in [1.82, 2.24) is 9.80 Å². The second-order valence-electron chi connectivity index (χ2n) is 9.33. The average molecular weight is 505 g/mol. The monoisotopic (exact) mass is 504 g/mol. The van der Waals surface area contributed by atoms with Gasteiger partial charge in [-0.25, -0.2) is 4.79 Å². The van der Waals surface area contributed by atoms with Crippen LogP contribution in [0.3, 0.4) is 0 Å². The van der Waals surface area contributed by atoms with Crippen molar-refractivity contribution in [2.24, 2.45) is 5.92 Å².